The van der Waals surface area contributed by atoms with Crippen LogP contribution >= 0.6 is 0 Å². The summed E-state index contributed by atoms with van der Waals surface area (Å²) >= 11 is 0. The summed E-state index contributed by atoms with van der Waals surface area (Å²) in [6.07, 6.45) is 3.36. The van der Waals surface area contributed by atoms with Gasteiger partial charge in [-0.05, 0) is 37.3 Å². The zero-order chi connectivity index (χ0) is 13.9. The van der Waals surface area contributed by atoms with Crippen LogP contribution in [0, 0.1) is 5.92 Å². The summed E-state index contributed by atoms with van der Waals surface area (Å²) < 4.78 is 5.66. The molecule has 0 spiro atoms. The lowest BCUT2D eigenvalue weighted by Crippen LogP contribution is -2.19. The van der Waals surface area contributed by atoms with E-state index in [2.05, 4.69) is 48.6 Å². The zero-order valence-corrected chi connectivity index (χ0v) is 12.3. The van der Waals surface area contributed by atoms with Gasteiger partial charge in [-0.2, -0.15) is 0 Å². The van der Waals surface area contributed by atoms with Gasteiger partial charge in [0.05, 0.1) is 0 Å². The lowest BCUT2D eigenvalue weighted by molar-refractivity contribution is 0.417. The van der Waals surface area contributed by atoms with Crippen molar-refractivity contribution < 1.29 is 4.52 Å². The fourth-order valence-corrected chi connectivity index (χ4v) is 2.85. The van der Waals surface area contributed by atoms with E-state index in [-0.39, 0.29) is 0 Å². The molecule has 1 aromatic heterocycles. The summed E-state index contributed by atoms with van der Waals surface area (Å²) in [7, 11) is 0. The Labute approximate surface area is 120 Å². The van der Waals surface area contributed by atoms with Gasteiger partial charge in [0.2, 0.25) is 0 Å². The molecule has 1 N–H and O–H groups in total. The summed E-state index contributed by atoms with van der Waals surface area (Å²) in [6, 6.07) is 8.53. The SMILES string of the molecule is CC(C)CNCc1noc2c1CCCc1ccccc1-2. The normalized spacial score (nSPS) is 13.9. The molecule has 2 aromatic rings. The fraction of sp³-hybridized carbons (Fsp3) is 0.471. The predicted molar refractivity (Wildman–Crippen MR) is 80.5 cm³/mol. The van der Waals surface area contributed by atoms with Crippen LogP contribution in [0.2, 0.25) is 0 Å². The minimum atomic E-state index is 0.654. The second-order valence-corrected chi connectivity index (χ2v) is 5.97. The number of benzene rings is 1. The smallest absolute Gasteiger partial charge is 0.170 e. The van der Waals surface area contributed by atoms with E-state index in [4.69, 9.17) is 4.52 Å². The Bertz CT molecular complexity index is 586. The van der Waals surface area contributed by atoms with Crippen LogP contribution in [0.25, 0.3) is 11.3 Å². The minimum absolute atomic E-state index is 0.654. The molecule has 0 saturated carbocycles. The predicted octanol–water partition coefficient (Wildman–Crippen LogP) is 3.58. The number of nitrogens with zero attached hydrogens (tertiary/aromatic N) is 1. The third kappa shape index (κ3) is 2.63. The Balaban J connectivity index is 1.87. The Morgan fingerprint density at radius 3 is 2.95 bits per heavy atom. The van der Waals surface area contributed by atoms with Crippen molar-refractivity contribution in [3.05, 3.63) is 41.1 Å². The number of aromatic nitrogens is 1. The molecule has 1 heterocycles. The van der Waals surface area contributed by atoms with Crippen LogP contribution in [-0.2, 0) is 19.4 Å². The maximum atomic E-state index is 5.66. The van der Waals surface area contributed by atoms with Gasteiger partial charge in [0.1, 0.15) is 5.69 Å². The molecule has 0 unspecified atom stereocenters. The van der Waals surface area contributed by atoms with Crippen LogP contribution in [0.5, 0.6) is 0 Å². The quantitative estimate of drug-likeness (QED) is 0.923. The molecule has 106 valence electrons. The van der Waals surface area contributed by atoms with E-state index in [0.717, 1.165) is 37.4 Å². The third-order valence-electron chi connectivity index (χ3n) is 3.85. The highest BCUT2D eigenvalue weighted by molar-refractivity contribution is 5.67. The number of aryl methyl sites for hydroxylation is 1. The van der Waals surface area contributed by atoms with Crippen LogP contribution in [-0.4, -0.2) is 11.7 Å². The lowest BCUT2D eigenvalue weighted by atomic mass is 10.0. The van der Waals surface area contributed by atoms with Gasteiger partial charge < -0.3 is 9.84 Å². The number of nitrogens with one attached hydrogen (secondary N) is 1. The molecule has 3 heteroatoms. The summed E-state index contributed by atoms with van der Waals surface area (Å²) in [5.74, 6) is 1.64. The summed E-state index contributed by atoms with van der Waals surface area (Å²) in [5.41, 5.74) is 4.98. The summed E-state index contributed by atoms with van der Waals surface area (Å²) in [5, 5.41) is 7.76. The van der Waals surface area contributed by atoms with Gasteiger partial charge in [-0.1, -0.05) is 43.3 Å². The lowest BCUT2D eigenvalue weighted by Gasteiger charge is -2.06. The molecule has 20 heavy (non-hydrogen) atoms. The molecular formula is C17H22N2O. The van der Waals surface area contributed by atoms with Gasteiger partial charge in [-0.3, -0.25) is 0 Å². The third-order valence-corrected chi connectivity index (χ3v) is 3.85. The Morgan fingerprint density at radius 2 is 2.10 bits per heavy atom. The van der Waals surface area contributed by atoms with Crippen LogP contribution < -0.4 is 5.32 Å². The number of hydrogen-bond acceptors (Lipinski definition) is 3. The molecule has 3 rings (SSSR count). The van der Waals surface area contributed by atoms with Crippen molar-refractivity contribution in [1.82, 2.24) is 10.5 Å². The van der Waals surface area contributed by atoms with Gasteiger partial charge in [0.15, 0.2) is 5.76 Å². The minimum Gasteiger partial charge on any atom is -0.356 e. The molecule has 0 saturated heterocycles. The first kappa shape index (κ1) is 13.4. The standard InChI is InChI=1S/C17H22N2O/c1-12(2)10-18-11-16-15-9-5-7-13-6-3-4-8-14(13)17(15)20-19-16/h3-4,6,8,12,18H,5,7,9-11H2,1-2H3. The number of rotatable bonds is 4. The average Bonchev–Trinajstić information content (AvgIpc) is 2.73. The molecule has 0 aliphatic heterocycles. The van der Waals surface area contributed by atoms with Crippen molar-refractivity contribution in [2.24, 2.45) is 5.92 Å². The molecule has 0 fully saturated rings. The number of fused-ring (bicyclic) bond motifs is 3. The Hall–Kier alpha value is -1.61. The average molecular weight is 270 g/mol. The second-order valence-electron chi connectivity index (χ2n) is 5.97. The first-order chi connectivity index (χ1) is 9.75. The molecule has 1 aliphatic rings. The van der Waals surface area contributed by atoms with Crippen LogP contribution in [0.4, 0.5) is 0 Å². The van der Waals surface area contributed by atoms with Gasteiger partial charge >= 0.3 is 0 Å². The van der Waals surface area contributed by atoms with E-state index in [1.165, 1.54) is 23.1 Å². The first-order valence-electron chi connectivity index (χ1n) is 7.52. The van der Waals surface area contributed by atoms with Crippen molar-refractivity contribution >= 4 is 0 Å². The summed E-state index contributed by atoms with van der Waals surface area (Å²) in [4.78, 5) is 0. The summed E-state index contributed by atoms with van der Waals surface area (Å²) in [6.45, 7) is 6.25. The maximum Gasteiger partial charge on any atom is 0.170 e. The van der Waals surface area contributed by atoms with Crippen LogP contribution in [0.15, 0.2) is 28.8 Å². The van der Waals surface area contributed by atoms with E-state index in [1.807, 2.05) is 0 Å². The van der Waals surface area contributed by atoms with E-state index < -0.39 is 0 Å². The molecule has 0 radical (unpaired) electrons. The molecule has 1 aromatic carbocycles. The van der Waals surface area contributed by atoms with E-state index in [0.29, 0.717) is 5.92 Å². The van der Waals surface area contributed by atoms with Gasteiger partial charge in [-0.15, -0.1) is 0 Å². The van der Waals surface area contributed by atoms with Crippen LogP contribution in [0.3, 0.4) is 0 Å². The van der Waals surface area contributed by atoms with E-state index in [1.54, 1.807) is 0 Å². The molecule has 3 nitrogen and oxygen atoms in total. The van der Waals surface area contributed by atoms with Crippen molar-refractivity contribution in [2.45, 2.75) is 39.7 Å². The van der Waals surface area contributed by atoms with Crippen molar-refractivity contribution in [1.29, 1.82) is 0 Å². The van der Waals surface area contributed by atoms with Gasteiger partial charge in [0, 0.05) is 17.7 Å². The Kier molecular flexibility index (Phi) is 3.88. The topological polar surface area (TPSA) is 38.1 Å². The highest BCUT2D eigenvalue weighted by Gasteiger charge is 2.21. The van der Waals surface area contributed by atoms with Crippen molar-refractivity contribution in [3.63, 3.8) is 0 Å². The Morgan fingerprint density at radius 1 is 1.25 bits per heavy atom. The van der Waals surface area contributed by atoms with Gasteiger partial charge in [-0.25, -0.2) is 0 Å². The highest BCUT2D eigenvalue weighted by Crippen LogP contribution is 2.34. The molecule has 0 atom stereocenters. The van der Waals surface area contributed by atoms with Crippen LogP contribution in [0.1, 0.15) is 37.1 Å². The second kappa shape index (κ2) is 5.80. The molecular weight excluding hydrogens is 248 g/mol. The largest absolute Gasteiger partial charge is 0.356 e. The monoisotopic (exact) mass is 270 g/mol. The van der Waals surface area contributed by atoms with E-state index in [9.17, 15) is 0 Å². The van der Waals surface area contributed by atoms with Gasteiger partial charge in [0.25, 0.3) is 0 Å². The highest BCUT2D eigenvalue weighted by atomic mass is 16.5. The molecule has 0 bridgehead atoms. The first-order valence-corrected chi connectivity index (χ1v) is 7.52. The maximum absolute atomic E-state index is 5.66. The van der Waals surface area contributed by atoms with Crippen molar-refractivity contribution in [3.8, 4) is 11.3 Å². The number of hydrogen-bond donors (Lipinski definition) is 1. The van der Waals surface area contributed by atoms with Crippen molar-refractivity contribution in [2.75, 3.05) is 6.54 Å². The van der Waals surface area contributed by atoms with E-state index >= 15 is 0 Å². The fourth-order valence-electron chi connectivity index (χ4n) is 2.85. The molecule has 0 amide bonds. The molecule has 1 aliphatic carbocycles. The zero-order valence-electron chi connectivity index (χ0n) is 12.3.